The number of hydrogen-bond donors (Lipinski definition) is 1. The van der Waals surface area contributed by atoms with E-state index in [1.165, 1.54) is 41.1 Å². The molecule has 1 rings (SSSR count). The van der Waals surface area contributed by atoms with Gasteiger partial charge in [0.15, 0.2) is 0 Å². The zero-order chi connectivity index (χ0) is 9.19. The molecule has 0 saturated heterocycles. The maximum absolute atomic E-state index is 12.5. The second kappa shape index (κ2) is 3.67. The minimum atomic E-state index is -3.52. The molecule has 0 radical (unpaired) electrons. The van der Waals surface area contributed by atoms with Crippen molar-refractivity contribution in [2.24, 2.45) is 0 Å². The third-order valence-electron chi connectivity index (χ3n) is 1.21. The van der Waals surface area contributed by atoms with Crippen LogP contribution < -0.4 is 2.94 Å². The van der Waals surface area contributed by atoms with E-state index in [2.05, 4.69) is 2.94 Å². The second-order valence-electron chi connectivity index (χ2n) is 2.04. The van der Waals surface area contributed by atoms with Crippen LogP contribution in [0.25, 0.3) is 0 Å². The number of nitrogens with one attached hydrogen (secondary N) is 1. The van der Waals surface area contributed by atoms with Crippen molar-refractivity contribution in [3.05, 3.63) is 30.1 Å². The molecule has 1 aromatic carbocycles. The number of hydrogen-bond acceptors (Lipinski definition) is 2. The van der Waals surface area contributed by atoms with Gasteiger partial charge in [0.25, 0.3) is 0 Å². The van der Waals surface area contributed by atoms with Gasteiger partial charge in [-0.05, 0) is 18.2 Å². The molecule has 0 heterocycles. The number of halogens is 2. The first-order chi connectivity index (χ1) is 5.56. The normalized spacial score (nSPS) is 11.5. The van der Waals surface area contributed by atoms with Crippen molar-refractivity contribution in [3.63, 3.8) is 0 Å². The average Bonchev–Trinajstić information content (AvgIpc) is 2.05. The molecule has 6 heteroatoms. The molecular formula is C6H5FINO2S. The molecule has 3 nitrogen and oxygen atoms in total. The van der Waals surface area contributed by atoms with E-state index in [1.54, 1.807) is 0 Å². The standard InChI is InChI=1S/C6H5FINO2S/c7-5-2-1-3-6(4-5)12(10,11)9-8/h1-4,9H. The highest BCUT2D eigenvalue weighted by Crippen LogP contribution is 2.10. The molecule has 0 unspecified atom stereocenters. The Bertz CT molecular complexity index is 379. The molecule has 0 fully saturated rings. The summed E-state index contributed by atoms with van der Waals surface area (Å²) in [5.74, 6) is -0.567. The summed E-state index contributed by atoms with van der Waals surface area (Å²) in [4.78, 5) is -0.0723. The van der Waals surface area contributed by atoms with E-state index in [0.717, 1.165) is 6.07 Å². The van der Waals surface area contributed by atoms with Gasteiger partial charge in [-0.3, -0.25) is 0 Å². The molecule has 0 amide bonds. The lowest BCUT2D eigenvalue weighted by Crippen LogP contribution is -2.12. The fourth-order valence-electron chi connectivity index (χ4n) is 0.679. The largest absolute Gasteiger partial charge is 0.249 e. The SMILES string of the molecule is O=S(=O)(NI)c1cccc(F)c1. The van der Waals surface area contributed by atoms with Gasteiger partial charge in [0.05, 0.1) is 4.90 Å². The quantitative estimate of drug-likeness (QED) is 0.664. The van der Waals surface area contributed by atoms with Crippen molar-refractivity contribution in [2.75, 3.05) is 0 Å². The summed E-state index contributed by atoms with van der Waals surface area (Å²) in [5.41, 5.74) is 0. The molecule has 0 aliphatic heterocycles. The van der Waals surface area contributed by atoms with E-state index in [9.17, 15) is 12.8 Å². The van der Waals surface area contributed by atoms with Crippen molar-refractivity contribution >= 4 is 32.9 Å². The van der Waals surface area contributed by atoms with E-state index in [0.29, 0.717) is 0 Å². The molecule has 1 N–H and O–H groups in total. The Kier molecular flexibility index (Phi) is 3.02. The topological polar surface area (TPSA) is 46.2 Å². The highest BCUT2D eigenvalue weighted by atomic mass is 127. The van der Waals surface area contributed by atoms with Crippen LogP contribution in [0.1, 0.15) is 0 Å². The highest BCUT2D eigenvalue weighted by molar-refractivity contribution is 14.1. The van der Waals surface area contributed by atoms with Crippen LogP contribution in [-0.2, 0) is 10.0 Å². The Morgan fingerprint density at radius 1 is 1.42 bits per heavy atom. The molecule has 66 valence electrons. The maximum Gasteiger partial charge on any atom is 0.249 e. The Labute approximate surface area is 83.5 Å². The van der Waals surface area contributed by atoms with Crippen LogP contribution in [-0.4, -0.2) is 8.42 Å². The van der Waals surface area contributed by atoms with E-state index in [-0.39, 0.29) is 4.90 Å². The molecule has 0 aliphatic rings. The lowest BCUT2D eigenvalue weighted by molar-refractivity contribution is 0.590. The van der Waals surface area contributed by atoms with Crippen LogP contribution in [0.3, 0.4) is 0 Å². The smallest absolute Gasteiger partial charge is 0.207 e. The van der Waals surface area contributed by atoms with Crippen molar-refractivity contribution in [2.45, 2.75) is 4.90 Å². The number of benzene rings is 1. The monoisotopic (exact) mass is 301 g/mol. The van der Waals surface area contributed by atoms with Gasteiger partial charge < -0.3 is 0 Å². The lowest BCUT2D eigenvalue weighted by atomic mass is 10.4. The third kappa shape index (κ3) is 2.14. The summed E-state index contributed by atoms with van der Waals surface area (Å²) in [7, 11) is -3.52. The van der Waals surface area contributed by atoms with Crippen LogP contribution >= 0.6 is 22.9 Å². The summed E-state index contributed by atoms with van der Waals surface area (Å²) in [6.07, 6.45) is 0. The molecule has 0 aliphatic carbocycles. The first-order valence-corrected chi connectivity index (χ1v) is 5.50. The predicted molar refractivity (Wildman–Crippen MR) is 50.7 cm³/mol. The van der Waals surface area contributed by atoms with Crippen molar-refractivity contribution in [1.29, 1.82) is 0 Å². The minimum Gasteiger partial charge on any atom is -0.207 e. The van der Waals surface area contributed by atoms with Gasteiger partial charge in [0, 0.05) is 22.9 Å². The van der Waals surface area contributed by atoms with Gasteiger partial charge in [-0.2, -0.15) is 2.94 Å². The number of sulfonamides is 1. The van der Waals surface area contributed by atoms with Crippen LogP contribution in [0.15, 0.2) is 29.2 Å². The molecule has 0 saturated carbocycles. The van der Waals surface area contributed by atoms with Crippen molar-refractivity contribution in [3.8, 4) is 0 Å². The highest BCUT2D eigenvalue weighted by Gasteiger charge is 2.11. The molecule has 12 heavy (non-hydrogen) atoms. The first kappa shape index (κ1) is 9.87. The summed E-state index contributed by atoms with van der Waals surface area (Å²) in [5, 5.41) is 0. The van der Waals surface area contributed by atoms with Crippen LogP contribution in [0.5, 0.6) is 0 Å². The molecule has 0 bridgehead atoms. The molecule has 0 atom stereocenters. The van der Waals surface area contributed by atoms with Crippen LogP contribution in [0.4, 0.5) is 4.39 Å². The summed E-state index contributed by atoms with van der Waals surface area (Å²) in [6.45, 7) is 0. The van der Waals surface area contributed by atoms with Crippen molar-refractivity contribution in [1.82, 2.24) is 2.94 Å². The Morgan fingerprint density at radius 3 is 2.58 bits per heavy atom. The van der Waals surface area contributed by atoms with Gasteiger partial charge >= 0.3 is 0 Å². The van der Waals surface area contributed by atoms with Gasteiger partial charge in [0.2, 0.25) is 10.0 Å². The Hall–Kier alpha value is -0.210. The van der Waals surface area contributed by atoms with Gasteiger partial charge in [-0.15, -0.1) is 0 Å². The summed E-state index contributed by atoms with van der Waals surface area (Å²) >= 11 is 1.49. The minimum absolute atomic E-state index is 0.0723. The molecular weight excluding hydrogens is 296 g/mol. The van der Waals surface area contributed by atoms with Crippen molar-refractivity contribution < 1.29 is 12.8 Å². The lowest BCUT2D eigenvalue weighted by Gasteiger charge is -1.99. The van der Waals surface area contributed by atoms with Gasteiger partial charge in [-0.1, -0.05) is 6.07 Å². The van der Waals surface area contributed by atoms with Gasteiger partial charge in [-0.25, -0.2) is 12.8 Å². The fourth-order valence-corrected chi connectivity index (χ4v) is 2.06. The van der Waals surface area contributed by atoms with E-state index < -0.39 is 15.8 Å². The molecule has 1 aromatic rings. The fraction of sp³-hybridized carbons (Fsp3) is 0. The van der Waals surface area contributed by atoms with Crippen LogP contribution in [0.2, 0.25) is 0 Å². The van der Waals surface area contributed by atoms with E-state index in [4.69, 9.17) is 0 Å². The molecule has 0 aromatic heterocycles. The predicted octanol–water partition coefficient (Wildman–Crippen LogP) is 1.45. The Morgan fingerprint density at radius 2 is 2.08 bits per heavy atom. The third-order valence-corrected chi connectivity index (χ3v) is 4.02. The van der Waals surface area contributed by atoms with E-state index >= 15 is 0 Å². The number of rotatable bonds is 2. The Balaban J connectivity index is 3.21. The first-order valence-electron chi connectivity index (χ1n) is 2.94. The summed E-state index contributed by atoms with van der Waals surface area (Å²) in [6, 6.07) is 4.81. The van der Waals surface area contributed by atoms with Gasteiger partial charge in [0.1, 0.15) is 5.82 Å². The zero-order valence-electron chi connectivity index (χ0n) is 5.79. The molecule has 0 spiro atoms. The second-order valence-corrected chi connectivity index (χ2v) is 4.99. The zero-order valence-corrected chi connectivity index (χ0v) is 8.76. The average molecular weight is 301 g/mol. The maximum atomic E-state index is 12.5. The van der Waals surface area contributed by atoms with Crippen LogP contribution in [0, 0.1) is 5.82 Å². The summed E-state index contributed by atoms with van der Waals surface area (Å²) < 4.78 is 36.7. The van der Waals surface area contributed by atoms with E-state index in [1.807, 2.05) is 0 Å².